The van der Waals surface area contributed by atoms with Crippen LogP contribution in [0.1, 0.15) is 19.8 Å². The van der Waals surface area contributed by atoms with E-state index < -0.39 is 30.2 Å². The Bertz CT molecular complexity index is 351. The highest BCUT2D eigenvalue weighted by molar-refractivity contribution is 6.06. The molecule has 2 aliphatic rings. The first-order chi connectivity index (χ1) is 8.07. The van der Waals surface area contributed by atoms with Gasteiger partial charge in [-0.25, -0.2) is 18.9 Å². The lowest BCUT2D eigenvalue weighted by Crippen LogP contribution is -2.44. The summed E-state index contributed by atoms with van der Waals surface area (Å²) in [6, 6.07) is -1.34. The average Bonchev–Trinajstić information content (AvgIpc) is 2.84. The van der Waals surface area contributed by atoms with E-state index in [9.17, 15) is 18.8 Å². The molecule has 0 aromatic carbocycles. The molecule has 6 nitrogen and oxygen atoms in total. The van der Waals surface area contributed by atoms with Crippen molar-refractivity contribution in [2.24, 2.45) is 0 Å². The molecular formula is C10H13FN2O4. The summed E-state index contributed by atoms with van der Waals surface area (Å²) in [7, 11) is 0. The second-order valence-electron chi connectivity index (χ2n) is 3.93. The Hall–Kier alpha value is -1.66. The fourth-order valence-electron chi connectivity index (χ4n) is 2.17. The van der Waals surface area contributed by atoms with Crippen molar-refractivity contribution < 1.29 is 23.5 Å². The van der Waals surface area contributed by atoms with Crippen molar-refractivity contribution in [2.75, 3.05) is 13.2 Å². The van der Waals surface area contributed by atoms with Gasteiger partial charge in [-0.2, -0.15) is 0 Å². The highest BCUT2D eigenvalue weighted by atomic mass is 19.1. The Balaban J connectivity index is 2.14. The number of esters is 1. The van der Waals surface area contributed by atoms with Crippen LogP contribution >= 0.6 is 0 Å². The molecule has 2 atom stereocenters. The summed E-state index contributed by atoms with van der Waals surface area (Å²) < 4.78 is 18.1. The number of carbonyl (C=O) groups is 3. The van der Waals surface area contributed by atoms with Crippen molar-refractivity contribution in [1.29, 1.82) is 0 Å². The number of ether oxygens (including phenoxy) is 1. The molecular weight excluding hydrogens is 231 g/mol. The molecule has 0 aromatic heterocycles. The van der Waals surface area contributed by atoms with Crippen LogP contribution < -0.4 is 0 Å². The lowest BCUT2D eigenvalue weighted by Gasteiger charge is -2.18. The van der Waals surface area contributed by atoms with E-state index in [4.69, 9.17) is 0 Å². The van der Waals surface area contributed by atoms with Crippen LogP contribution in [0.2, 0.25) is 0 Å². The number of alkyl halides is 1. The first kappa shape index (κ1) is 11.8. The van der Waals surface area contributed by atoms with Gasteiger partial charge in [-0.3, -0.25) is 4.79 Å². The molecule has 3 amide bonds. The molecule has 2 heterocycles. The smallest absolute Gasteiger partial charge is 0.362 e. The topological polar surface area (TPSA) is 66.9 Å². The standard InChI is InChI=1S/C10H13FN2O4/c1-2-17-9(15)7(11)13-8(14)6-4-3-5-12(6)10(13)16/h6-7H,2-5H2,1H3. The summed E-state index contributed by atoms with van der Waals surface area (Å²) in [6.07, 6.45) is -1.08. The molecule has 0 aliphatic carbocycles. The minimum atomic E-state index is -2.33. The minimum absolute atomic E-state index is 0.00260. The molecule has 2 unspecified atom stereocenters. The number of amides is 3. The molecule has 0 spiro atoms. The lowest BCUT2D eigenvalue weighted by atomic mass is 10.2. The summed E-state index contributed by atoms with van der Waals surface area (Å²) in [5.74, 6) is -1.84. The van der Waals surface area contributed by atoms with Gasteiger partial charge in [0.1, 0.15) is 6.04 Å². The number of imide groups is 1. The molecule has 94 valence electrons. The van der Waals surface area contributed by atoms with Crippen LogP contribution in [0.5, 0.6) is 0 Å². The van der Waals surface area contributed by atoms with Crippen LogP contribution in [-0.4, -0.2) is 53.2 Å². The second-order valence-corrected chi connectivity index (χ2v) is 3.93. The van der Waals surface area contributed by atoms with Gasteiger partial charge in [0, 0.05) is 6.54 Å². The average molecular weight is 244 g/mol. The van der Waals surface area contributed by atoms with Crippen molar-refractivity contribution in [3.05, 3.63) is 0 Å². The summed E-state index contributed by atoms with van der Waals surface area (Å²) in [4.78, 5) is 36.3. The Morgan fingerprint density at radius 1 is 1.59 bits per heavy atom. The Kier molecular flexibility index (Phi) is 2.99. The van der Waals surface area contributed by atoms with Crippen LogP contribution in [0, 0.1) is 0 Å². The summed E-state index contributed by atoms with van der Waals surface area (Å²) >= 11 is 0. The quantitative estimate of drug-likeness (QED) is 0.406. The van der Waals surface area contributed by atoms with Crippen LogP contribution in [0.3, 0.4) is 0 Å². The fraction of sp³-hybridized carbons (Fsp3) is 0.700. The number of rotatable bonds is 3. The van der Waals surface area contributed by atoms with Gasteiger partial charge in [0.15, 0.2) is 0 Å². The molecule has 17 heavy (non-hydrogen) atoms. The largest absolute Gasteiger partial charge is 0.462 e. The van der Waals surface area contributed by atoms with Gasteiger partial charge in [-0.15, -0.1) is 0 Å². The van der Waals surface area contributed by atoms with Crippen LogP contribution in [0.15, 0.2) is 0 Å². The zero-order valence-electron chi connectivity index (χ0n) is 9.39. The molecule has 0 saturated carbocycles. The van der Waals surface area contributed by atoms with E-state index in [1.807, 2.05) is 0 Å². The predicted molar refractivity (Wildman–Crippen MR) is 53.5 cm³/mol. The van der Waals surface area contributed by atoms with Gasteiger partial charge < -0.3 is 9.64 Å². The zero-order chi connectivity index (χ0) is 12.6. The number of carbonyl (C=O) groups excluding carboxylic acids is 3. The fourth-order valence-corrected chi connectivity index (χ4v) is 2.17. The zero-order valence-corrected chi connectivity index (χ0v) is 9.39. The molecule has 0 radical (unpaired) electrons. The minimum Gasteiger partial charge on any atom is -0.462 e. The third-order valence-electron chi connectivity index (χ3n) is 2.93. The maximum atomic E-state index is 13.7. The lowest BCUT2D eigenvalue weighted by molar-refractivity contribution is -0.158. The first-order valence-electron chi connectivity index (χ1n) is 5.52. The number of hydrogen-bond donors (Lipinski definition) is 0. The van der Waals surface area contributed by atoms with E-state index in [1.54, 1.807) is 0 Å². The van der Waals surface area contributed by atoms with E-state index in [0.29, 0.717) is 17.9 Å². The van der Waals surface area contributed by atoms with Gasteiger partial charge in [0.25, 0.3) is 12.2 Å². The van der Waals surface area contributed by atoms with Crippen LogP contribution in [-0.2, 0) is 14.3 Å². The normalized spacial score (nSPS) is 25.2. The van der Waals surface area contributed by atoms with E-state index in [2.05, 4.69) is 4.74 Å². The number of hydrogen-bond acceptors (Lipinski definition) is 4. The monoisotopic (exact) mass is 244 g/mol. The number of nitrogens with zero attached hydrogens (tertiary/aromatic N) is 2. The van der Waals surface area contributed by atoms with Crippen molar-refractivity contribution in [2.45, 2.75) is 32.1 Å². The van der Waals surface area contributed by atoms with Crippen molar-refractivity contribution in [3.8, 4) is 0 Å². The van der Waals surface area contributed by atoms with Gasteiger partial charge in [-0.1, -0.05) is 0 Å². The third-order valence-corrected chi connectivity index (χ3v) is 2.93. The maximum absolute atomic E-state index is 13.7. The Morgan fingerprint density at radius 3 is 2.88 bits per heavy atom. The van der Waals surface area contributed by atoms with Gasteiger partial charge in [0.2, 0.25) is 0 Å². The Labute approximate surface area is 97.3 Å². The first-order valence-corrected chi connectivity index (χ1v) is 5.52. The number of fused-ring (bicyclic) bond motifs is 1. The Morgan fingerprint density at radius 2 is 2.29 bits per heavy atom. The highest BCUT2D eigenvalue weighted by Crippen LogP contribution is 2.29. The summed E-state index contributed by atoms with van der Waals surface area (Å²) in [5.41, 5.74) is 0. The van der Waals surface area contributed by atoms with Gasteiger partial charge in [0.05, 0.1) is 6.61 Å². The van der Waals surface area contributed by atoms with Gasteiger partial charge >= 0.3 is 12.0 Å². The molecule has 2 rings (SSSR count). The van der Waals surface area contributed by atoms with Crippen molar-refractivity contribution >= 4 is 17.9 Å². The van der Waals surface area contributed by atoms with E-state index in [1.165, 1.54) is 11.8 Å². The SMILES string of the molecule is CCOC(=O)C(F)N1C(=O)C2CCCN2C1=O. The molecule has 0 N–H and O–H groups in total. The van der Waals surface area contributed by atoms with Gasteiger partial charge in [-0.05, 0) is 19.8 Å². The van der Waals surface area contributed by atoms with Crippen LogP contribution in [0.25, 0.3) is 0 Å². The predicted octanol–water partition coefficient (Wildman–Crippen LogP) is 0.272. The van der Waals surface area contributed by atoms with E-state index >= 15 is 0 Å². The van der Waals surface area contributed by atoms with Crippen molar-refractivity contribution in [3.63, 3.8) is 0 Å². The summed E-state index contributed by atoms with van der Waals surface area (Å²) in [6.45, 7) is 1.96. The van der Waals surface area contributed by atoms with E-state index in [0.717, 1.165) is 6.42 Å². The molecule has 2 fully saturated rings. The molecule has 2 saturated heterocycles. The second kappa shape index (κ2) is 4.31. The summed E-state index contributed by atoms with van der Waals surface area (Å²) in [5, 5.41) is 0. The molecule has 7 heteroatoms. The number of halogens is 1. The molecule has 0 bridgehead atoms. The molecule has 2 aliphatic heterocycles. The number of urea groups is 1. The van der Waals surface area contributed by atoms with Crippen molar-refractivity contribution in [1.82, 2.24) is 9.80 Å². The third kappa shape index (κ3) is 1.75. The highest BCUT2D eigenvalue weighted by Gasteiger charge is 2.52. The van der Waals surface area contributed by atoms with Crippen LogP contribution in [0.4, 0.5) is 9.18 Å². The maximum Gasteiger partial charge on any atom is 0.362 e. The molecule has 0 aromatic rings. The van der Waals surface area contributed by atoms with E-state index in [-0.39, 0.29) is 6.61 Å².